The number of aromatic nitrogens is 2. The maximum atomic E-state index is 5.73. The maximum Gasteiger partial charge on any atom is 0.119 e. The van der Waals surface area contributed by atoms with Gasteiger partial charge in [0.2, 0.25) is 0 Å². The fraction of sp³-hybridized carbons (Fsp3) is 0.130. The van der Waals surface area contributed by atoms with Crippen molar-refractivity contribution in [3.05, 3.63) is 240 Å². The van der Waals surface area contributed by atoms with Gasteiger partial charge in [-0.25, -0.2) is 0 Å². The third-order valence-electron chi connectivity index (χ3n) is 16.4. The minimum atomic E-state index is -0.632. The molecule has 0 amide bonds. The smallest absolute Gasteiger partial charge is 0.119 e. The van der Waals surface area contributed by atoms with Crippen LogP contribution < -0.4 is 19.3 Å². The molecule has 0 fully saturated rings. The van der Waals surface area contributed by atoms with Crippen molar-refractivity contribution in [3.63, 3.8) is 0 Å². The number of nitrogens with zero attached hydrogens (tertiary/aromatic N) is 4. The Morgan fingerprint density at radius 2 is 0.680 bits per heavy atom. The molecule has 0 N–H and O–H groups in total. The highest BCUT2D eigenvalue weighted by atomic mass is 16.5. The first kappa shape index (κ1) is 44.7. The SMILES string of the molecule is CCn1c2ccc(C)cc2c2cc(N(c3ccc(OC)cc3)c3ccc4c(c3)C3(c5ccccc5-c5ccccc53)c3cc(N(c5ccc(OC)cc5)c5ccc6c(c5)c5cc(C)ccc5n6CC)ccc3-4)ccc21. The van der Waals surface area contributed by atoms with Crippen LogP contribution in [-0.2, 0) is 18.5 Å². The zero-order valence-corrected chi connectivity index (χ0v) is 43.1. The number of aryl methyl sites for hydroxylation is 4. The van der Waals surface area contributed by atoms with Gasteiger partial charge in [-0.2, -0.15) is 0 Å². The van der Waals surface area contributed by atoms with Crippen LogP contribution in [0.2, 0.25) is 0 Å². The first-order valence-electron chi connectivity index (χ1n) is 26.2. The van der Waals surface area contributed by atoms with Gasteiger partial charge in [-0.15, -0.1) is 0 Å². The summed E-state index contributed by atoms with van der Waals surface area (Å²) in [6, 6.07) is 77.2. The molecule has 10 aromatic carbocycles. The standard InChI is InChI=1S/C69H56N4O2/c1-7-70-65-33-17-43(3)37-57(65)59-39-47(25-35-67(59)70)72(45-19-27-51(74-5)28-20-45)49-23-31-55-56-32-24-50(42-64(56)69(63(55)41-49)61-15-11-9-13-53(61)54-14-10-12-16-62(54)69)73(46-21-29-52(75-6)30-22-46)48-26-36-68-60(40-48)58-38-44(4)18-34-66(58)71(68)8-2/h9-42H,7-8H2,1-6H3. The van der Waals surface area contributed by atoms with Crippen molar-refractivity contribution in [2.45, 2.75) is 46.2 Å². The second-order valence-corrected chi connectivity index (χ2v) is 20.3. The molecule has 0 aliphatic heterocycles. The Balaban J connectivity index is 1.01. The predicted octanol–water partition coefficient (Wildman–Crippen LogP) is 17.9. The van der Waals surface area contributed by atoms with Crippen molar-refractivity contribution < 1.29 is 9.47 Å². The van der Waals surface area contributed by atoms with Gasteiger partial charge in [0, 0.05) is 90.8 Å². The number of rotatable bonds is 10. The summed E-state index contributed by atoms with van der Waals surface area (Å²) in [5, 5.41) is 5.03. The number of anilines is 6. The molecule has 14 rings (SSSR count). The molecule has 75 heavy (non-hydrogen) atoms. The van der Waals surface area contributed by atoms with Crippen LogP contribution in [0.15, 0.2) is 206 Å². The highest BCUT2D eigenvalue weighted by molar-refractivity contribution is 6.11. The molecule has 0 unspecified atom stereocenters. The van der Waals surface area contributed by atoms with Gasteiger partial charge < -0.3 is 28.4 Å². The summed E-state index contributed by atoms with van der Waals surface area (Å²) in [5.41, 5.74) is 23.4. The molecule has 2 aromatic heterocycles. The van der Waals surface area contributed by atoms with Gasteiger partial charge in [-0.05, 0) is 206 Å². The van der Waals surface area contributed by atoms with E-state index >= 15 is 0 Å². The summed E-state index contributed by atoms with van der Waals surface area (Å²) in [4.78, 5) is 4.86. The minimum absolute atomic E-state index is 0.632. The largest absolute Gasteiger partial charge is 0.497 e. The van der Waals surface area contributed by atoms with Crippen molar-refractivity contribution in [2.75, 3.05) is 24.0 Å². The molecule has 0 bridgehead atoms. The van der Waals surface area contributed by atoms with Crippen LogP contribution in [0.1, 0.15) is 47.2 Å². The molecule has 12 aromatic rings. The lowest BCUT2D eigenvalue weighted by Gasteiger charge is -2.33. The van der Waals surface area contributed by atoms with E-state index in [1.807, 2.05) is 0 Å². The van der Waals surface area contributed by atoms with E-state index in [0.29, 0.717) is 0 Å². The van der Waals surface area contributed by atoms with Crippen LogP contribution in [0.4, 0.5) is 34.1 Å². The number of ether oxygens (including phenoxy) is 2. The zero-order valence-electron chi connectivity index (χ0n) is 43.1. The van der Waals surface area contributed by atoms with Gasteiger partial charge in [0.25, 0.3) is 0 Å². The highest BCUT2D eigenvalue weighted by Crippen LogP contribution is 2.64. The molecule has 6 heteroatoms. The number of benzene rings is 10. The van der Waals surface area contributed by atoms with Crippen LogP contribution >= 0.6 is 0 Å². The van der Waals surface area contributed by atoms with Gasteiger partial charge in [-0.1, -0.05) is 83.9 Å². The average Bonchev–Trinajstić information content (AvgIpc) is 4.16. The van der Waals surface area contributed by atoms with E-state index in [9.17, 15) is 0 Å². The van der Waals surface area contributed by atoms with Crippen LogP contribution in [-0.4, -0.2) is 23.4 Å². The summed E-state index contributed by atoms with van der Waals surface area (Å²) in [6.07, 6.45) is 0. The zero-order chi connectivity index (χ0) is 50.7. The Morgan fingerprint density at radius 3 is 1.08 bits per heavy atom. The quantitative estimate of drug-likeness (QED) is 0.137. The van der Waals surface area contributed by atoms with Gasteiger partial charge in [0.15, 0.2) is 0 Å². The highest BCUT2D eigenvalue weighted by Gasteiger charge is 2.52. The van der Waals surface area contributed by atoms with Crippen molar-refractivity contribution in [1.29, 1.82) is 0 Å². The Bertz CT molecular complexity index is 4000. The van der Waals surface area contributed by atoms with Crippen molar-refractivity contribution >= 4 is 77.7 Å². The maximum absolute atomic E-state index is 5.73. The van der Waals surface area contributed by atoms with Crippen LogP contribution in [0.3, 0.4) is 0 Å². The third kappa shape index (κ3) is 6.51. The molecular weight excluding hydrogens is 917 g/mol. The number of fused-ring (bicyclic) bond motifs is 16. The lowest BCUT2D eigenvalue weighted by atomic mass is 9.70. The molecule has 1 spiro atoms. The number of methoxy groups -OCH3 is 2. The summed E-state index contributed by atoms with van der Waals surface area (Å²) in [6.45, 7) is 10.6. The molecule has 0 saturated heterocycles. The Hall–Kier alpha value is -9.00. The van der Waals surface area contributed by atoms with E-state index in [1.165, 1.54) is 99.2 Å². The summed E-state index contributed by atoms with van der Waals surface area (Å²) < 4.78 is 16.3. The van der Waals surface area contributed by atoms with E-state index in [4.69, 9.17) is 9.47 Å². The van der Waals surface area contributed by atoms with Crippen molar-refractivity contribution in [1.82, 2.24) is 9.13 Å². The molecule has 0 saturated carbocycles. The molecule has 0 radical (unpaired) electrons. The van der Waals surface area contributed by atoms with Gasteiger partial charge in [0.05, 0.1) is 19.6 Å². The normalized spacial score (nSPS) is 12.9. The van der Waals surface area contributed by atoms with Crippen LogP contribution in [0.25, 0.3) is 65.9 Å². The van der Waals surface area contributed by atoms with E-state index < -0.39 is 5.41 Å². The second kappa shape index (κ2) is 17.0. The fourth-order valence-electron chi connectivity index (χ4n) is 13.1. The van der Waals surface area contributed by atoms with Crippen LogP contribution in [0.5, 0.6) is 11.5 Å². The van der Waals surface area contributed by atoms with Crippen molar-refractivity contribution in [3.8, 4) is 33.8 Å². The monoisotopic (exact) mass is 972 g/mol. The first-order valence-corrected chi connectivity index (χ1v) is 26.2. The summed E-state index contributed by atoms with van der Waals surface area (Å²) in [7, 11) is 3.46. The van der Waals surface area contributed by atoms with E-state index in [0.717, 1.165) is 58.7 Å². The molecular formula is C69H56N4O2. The number of hydrogen-bond acceptors (Lipinski definition) is 4. The average molecular weight is 973 g/mol. The third-order valence-corrected chi connectivity index (χ3v) is 16.4. The van der Waals surface area contributed by atoms with E-state index in [1.54, 1.807) is 14.2 Å². The number of hydrogen-bond donors (Lipinski definition) is 0. The van der Waals surface area contributed by atoms with Gasteiger partial charge in [-0.3, -0.25) is 0 Å². The topological polar surface area (TPSA) is 34.8 Å². The van der Waals surface area contributed by atoms with Crippen LogP contribution in [0, 0.1) is 13.8 Å². The first-order chi connectivity index (χ1) is 36.8. The van der Waals surface area contributed by atoms with Gasteiger partial charge >= 0.3 is 0 Å². The summed E-state index contributed by atoms with van der Waals surface area (Å²) in [5.74, 6) is 1.64. The molecule has 2 aliphatic carbocycles. The summed E-state index contributed by atoms with van der Waals surface area (Å²) >= 11 is 0. The van der Waals surface area contributed by atoms with Crippen molar-refractivity contribution in [2.24, 2.45) is 0 Å². The Labute approximate surface area is 437 Å². The lowest BCUT2D eigenvalue weighted by molar-refractivity contribution is 0.414. The lowest BCUT2D eigenvalue weighted by Crippen LogP contribution is -2.26. The Morgan fingerprint density at radius 1 is 0.347 bits per heavy atom. The van der Waals surface area contributed by atoms with E-state index in [-0.39, 0.29) is 0 Å². The molecule has 364 valence electrons. The van der Waals surface area contributed by atoms with Gasteiger partial charge in [0.1, 0.15) is 11.5 Å². The fourth-order valence-corrected chi connectivity index (χ4v) is 13.1. The Kier molecular flexibility index (Phi) is 10.2. The minimum Gasteiger partial charge on any atom is -0.497 e. The molecule has 6 nitrogen and oxygen atoms in total. The molecule has 2 heterocycles. The second-order valence-electron chi connectivity index (χ2n) is 20.3. The predicted molar refractivity (Wildman–Crippen MR) is 312 cm³/mol. The molecule has 2 aliphatic rings. The molecule has 0 atom stereocenters. The van der Waals surface area contributed by atoms with E-state index in [2.05, 4.69) is 253 Å².